The fourth-order valence-electron chi connectivity index (χ4n) is 3.77. The Bertz CT molecular complexity index is 1140. The zero-order valence-corrected chi connectivity index (χ0v) is 14.2. The minimum Gasteiger partial charge on any atom is -0.273 e. The molecule has 3 aromatic heterocycles. The number of benzene rings is 1. The van der Waals surface area contributed by atoms with Crippen molar-refractivity contribution in [3.05, 3.63) is 35.2 Å². The summed E-state index contributed by atoms with van der Waals surface area (Å²) in [5.41, 5.74) is 3.67. The molecule has 0 spiro atoms. The number of hydrogen-bond acceptors (Lipinski definition) is 5. The van der Waals surface area contributed by atoms with Crippen LogP contribution >= 0.6 is 11.7 Å². The highest BCUT2D eigenvalue weighted by atomic mass is 32.1. The van der Waals surface area contributed by atoms with Gasteiger partial charge < -0.3 is 0 Å². The molecule has 0 bridgehead atoms. The van der Waals surface area contributed by atoms with Gasteiger partial charge in [0.2, 0.25) is 0 Å². The van der Waals surface area contributed by atoms with Crippen LogP contribution in [0.15, 0.2) is 18.3 Å². The van der Waals surface area contributed by atoms with Gasteiger partial charge in [0.1, 0.15) is 16.7 Å². The molecule has 26 heavy (non-hydrogen) atoms. The molecule has 9 heteroatoms. The van der Waals surface area contributed by atoms with Crippen molar-refractivity contribution in [2.24, 2.45) is 0 Å². The maximum absolute atomic E-state index is 13.4. The van der Waals surface area contributed by atoms with Gasteiger partial charge in [0.15, 0.2) is 0 Å². The molecule has 0 unspecified atom stereocenters. The summed E-state index contributed by atoms with van der Waals surface area (Å²) in [6, 6.07) is 3.62. The molecular formula is C17H12F3N5S. The van der Waals surface area contributed by atoms with Gasteiger partial charge in [-0.25, -0.2) is 4.98 Å². The molecule has 0 radical (unpaired) electrons. The van der Waals surface area contributed by atoms with E-state index < -0.39 is 11.9 Å². The zero-order valence-electron chi connectivity index (χ0n) is 13.4. The molecule has 4 aromatic rings. The van der Waals surface area contributed by atoms with Crippen molar-refractivity contribution in [2.75, 3.05) is 0 Å². The molecule has 0 aliphatic heterocycles. The first-order valence-corrected chi connectivity index (χ1v) is 8.95. The van der Waals surface area contributed by atoms with E-state index in [0.717, 1.165) is 58.5 Å². The average molecular weight is 375 g/mol. The van der Waals surface area contributed by atoms with Crippen molar-refractivity contribution in [2.45, 2.75) is 31.9 Å². The van der Waals surface area contributed by atoms with Gasteiger partial charge in [-0.15, -0.1) is 0 Å². The number of pyridine rings is 1. The molecule has 3 heterocycles. The molecular weight excluding hydrogens is 363 g/mol. The lowest BCUT2D eigenvalue weighted by molar-refractivity contribution is -0.140. The molecule has 0 atom stereocenters. The first kappa shape index (κ1) is 15.7. The maximum Gasteiger partial charge on any atom is 0.433 e. The Morgan fingerprint density at radius 3 is 2.58 bits per heavy atom. The van der Waals surface area contributed by atoms with E-state index in [1.807, 2.05) is 12.1 Å². The van der Waals surface area contributed by atoms with Gasteiger partial charge in [0.25, 0.3) is 0 Å². The average Bonchev–Trinajstić information content (AvgIpc) is 3.29. The predicted molar refractivity (Wildman–Crippen MR) is 91.9 cm³/mol. The molecule has 5 nitrogen and oxygen atoms in total. The Balaban J connectivity index is 1.88. The van der Waals surface area contributed by atoms with Crippen molar-refractivity contribution >= 4 is 33.7 Å². The molecule has 0 saturated carbocycles. The highest BCUT2D eigenvalue weighted by Crippen LogP contribution is 2.41. The molecule has 0 amide bonds. The van der Waals surface area contributed by atoms with Crippen LogP contribution in [-0.4, -0.2) is 23.9 Å². The van der Waals surface area contributed by atoms with Crippen LogP contribution in [0.1, 0.15) is 29.7 Å². The highest BCUT2D eigenvalue weighted by molar-refractivity contribution is 7.00. The molecule has 0 fully saturated rings. The summed E-state index contributed by atoms with van der Waals surface area (Å²) in [7, 11) is 0. The lowest BCUT2D eigenvalue weighted by Crippen LogP contribution is -2.11. The molecule has 1 aromatic carbocycles. The van der Waals surface area contributed by atoms with Crippen LogP contribution in [0.2, 0.25) is 0 Å². The maximum atomic E-state index is 13.4. The second-order valence-corrected chi connectivity index (χ2v) is 6.90. The van der Waals surface area contributed by atoms with E-state index in [9.17, 15) is 13.2 Å². The quantitative estimate of drug-likeness (QED) is 0.531. The Labute approximate surface area is 149 Å². The van der Waals surface area contributed by atoms with Crippen LogP contribution in [0, 0.1) is 0 Å². The van der Waals surface area contributed by atoms with Crippen LogP contribution < -0.4 is 0 Å². The highest BCUT2D eigenvalue weighted by Gasteiger charge is 2.37. The monoisotopic (exact) mass is 375 g/mol. The van der Waals surface area contributed by atoms with E-state index in [0.29, 0.717) is 17.6 Å². The van der Waals surface area contributed by atoms with E-state index in [1.54, 1.807) is 0 Å². The van der Waals surface area contributed by atoms with Crippen molar-refractivity contribution in [3.63, 3.8) is 0 Å². The van der Waals surface area contributed by atoms with Gasteiger partial charge in [-0.05, 0) is 48.9 Å². The van der Waals surface area contributed by atoms with E-state index >= 15 is 0 Å². The smallest absolute Gasteiger partial charge is 0.273 e. The van der Waals surface area contributed by atoms with E-state index in [1.165, 1.54) is 6.20 Å². The summed E-state index contributed by atoms with van der Waals surface area (Å²) in [6.07, 6.45) is 0.136. The normalized spacial score (nSPS) is 14.9. The summed E-state index contributed by atoms with van der Waals surface area (Å²) in [5, 5.41) is 6.64. The third-order valence-corrected chi connectivity index (χ3v) is 5.41. The predicted octanol–water partition coefficient (Wildman–Crippen LogP) is 4.53. The number of H-pyrrole nitrogens is 1. The first-order chi connectivity index (χ1) is 12.5. The second-order valence-electron chi connectivity index (χ2n) is 6.37. The molecule has 132 valence electrons. The van der Waals surface area contributed by atoms with Crippen LogP contribution in [0.4, 0.5) is 13.2 Å². The van der Waals surface area contributed by atoms with Gasteiger partial charge in [-0.1, -0.05) is 0 Å². The summed E-state index contributed by atoms with van der Waals surface area (Å²) in [4.78, 5) is 4.61. The number of aromatic nitrogens is 5. The third kappa shape index (κ3) is 2.23. The number of rotatable bonds is 1. The SMILES string of the molecule is FC(F)(F)c1[nH]ncc1-c1nc2ccc3nsnc3c2c2c1CCCC2. The van der Waals surface area contributed by atoms with E-state index in [4.69, 9.17) is 0 Å². The minimum atomic E-state index is -4.51. The fourth-order valence-corrected chi connectivity index (χ4v) is 4.31. The van der Waals surface area contributed by atoms with Crippen LogP contribution in [0.3, 0.4) is 0 Å². The Hall–Kier alpha value is -2.55. The summed E-state index contributed by atoms with van der Waals surface area (Å²) in [6.45, 7) is 0. The Morgan fingerprint density at radius 1 is 1.00 bits per heavy atom. The molecule has 1 aliphatic carbocycles. The lowest BCUT2D eigenvalue weighted by atomic mass is 9.86. The van der Waals surface area contributed by atoms with Crippen molar-refractivity contribution in [1.29, 1.82) is 0 Å². The number of alkyl halides is 3. The van der Waals surface area contributed by atoms with Crippen molar-refractivity contribution < 1.29 is 13.2 Å². The number of aryl methyl sites for hydroxylation is 1. The van der Waals surface area contributed by atoms with Crippen LogP contribution in [-0.2, 0) is 19.0 Å². The molecule has 0 saturated heterocycles. The van der Waals surface area contributed by atoms with E-state index in [2.05, 4.69) is 23.9 Å². The standard InChI is InChI=1S/C17H12F3N5S/c18-17(19,20)16-10(7-21-23-16)14-9-4-2-1-3-8(9)13-11(22-14)5-6-12-15(13)25-26-24-12/h5-7H,1-4H2,(H,21,23). The number of aromatic amines is 1. The Kier molecular flexibility index (Phi) is 3.30. The number of halogens is 3. The Morgan fingerprint density at radius 2 is 1.77 bits per heavy atom. The largest absolute Gasteiger partial charge is 0.433 e. The zero-order chi connectivity index (χ0) is 17.9. The number of nitrogens with one attached hydrogen (secondary N) is 1. The van der Waals surface area contributed by atoms with Crippen molar-refractivity contribution in [3.8, 4) is 11.3 Å². The van der Waals surface area contributed by atoms with Crippen LogP contribution in [0.5, 0.6) is 0 Å². The van der Waals surface area contributed by atoms with Gasteiger partial charge >= 0.3 is 6.18 Å². The third-order valence-electron chi connectivity index (χ3n) is 4.87. The van der Waals surface area contributed by atoms with Gasteiger partial charge in [-0.3, -0.25) is 5.10 Å². The van der Waals surface area contributed by atoms with Gasteiger partial charge in [0.05, 0.1) is 34.7 Å². The molecule has 1 N–H and O–H groups in total. The lowest BCUT2D eigenvalue weighted by Gasteiger charge is -2.21. The number of fused-ring (bicyclic) bond motifs is 5. The molecule has 5 rings (SSSR count). The number of hydrogen-bond donors (Lipinski definition) is 1. The second kappa shape index (κ2) is 5.47. The first-order valence-electron chi connectivity index (χ1n) is 8.21. The summed E-state index contributed by atoms with van der Waals surface area (Å²) >= 11 is 1.13. The van der Waals surface area contributed by atoms with Crippen LogP contribution in [0.25, 0.3) is 33.2 Å². The topological polar surface area (TPSA) is 67.3 Å². The van der Waals surface area contributed by atoms with E-state index in [-0.39, 0.29) is 5.56 Å². The summed E-state index contributed by atoms with van der Waals surface area (Å²) in [5.74, 6) is 0. The summed E-state index contributed by atoms with van der Waals surface area (Å²) < 4.78 is 48.8. The van der Waals surface area contributed by atoms with Gasteiger partial charge in [-0.2, -0.15) is 27.0 Å². The fraction of sp³-hybridized carbons (Fsp3) is 0.294. The minimum absolute atomic E-state index is 0.00838. The number of nitrogens with zero attached hydrogens (tertiary/aromatic N) is 4. The van der Waals surface area contributed by atoms with Crippen molar-refractivity contribution in [1.82, 2.24) is 23.9 Å². The molecule has 1 aliphatic rings. The van der Waals surface area contributed by atoms with Gasteiger partial charge in [0, 0.05) is 5.39 Å².